The predicted octanol–water partition coefficient (Wildman–Crippen LogP) is 1.64. The Kier molecular flexibility index (Phi) is 4.82. The van der Waals surface area contributed by atoms with E-state index < -0.39 is 45.1 Å². The Labute approximate surface area is 118 Å². The number of hydrogen-bond donors (Lipinski definition) is 2. The minimum atomic E-state index is -4.73. The van der Waals surface area contributed by atoms with Crippen molar-refractivity contribution >= 4 is 21.6 Å². The molecule has 0 aromatic carbocycles. The van der Waals surface area contributed by atoms with Crippen molar-refractivity contribution in [3.05, 3.63) is 23.4 Å². The van der Waals surface area contributed by atoms with Gasteiger partial charge in [-0.25, -0.2) is 18.2 Å². The van der Waals surface area contributed by atoms with Crippen LogP contribution in [0.15, 0.2) is 12.1 Å². The molecule has 0 saturated carbocycles. The summed E-state index contributed by atoms with van der Waals surface area (Å²) >= 11 is 0. The number of rotatable bonds is 5. The van der Waals surface area contributed by atoms with E-state index in [4.69, 9.17) is 5.11 Å². The van der Waals surface area contributed by atoms with Crippen LogP contribution < -0.4 is 5.32 Å². The molecular formula is C11H13F3N2O4S. The van der Waals surface area contributed by atoms with Crippen molar-refractivity contribution < 1.29 is 31.5 Å². The lowest BCUT2D eigenvalue weighted by atomic mass is 10.2. The highest BCUT2D eigenvalue weighted by atomic mass is 32.2. The molecule has 118 valence electrons. The van der Waals surface area contributed by atoms with Crippen molar-refractivity contribution in [2.75, 3.05) is 17.3 Å². The fourth-order valence-electron chi connectivity index (χ4n) is 1.63. The molecule has 21 heavy (non-hydrogen) atoms. The average Bonchev–Trinajstić information content (AvgIpc) is 2.24. The maximum atomic E-state index is 12.6. The molecule has 0 bridgehead atoms. The van der Waals surface area contributed by atoms with E-state index in [0.717, 1.165) is 12.3 Å². The number of carboxylic acid groups (broad SMARTS) is 1. The number of sulfone groups is 1. The summed E-state index contributed by atoms with van der Waals surface area (Å²) in [5.41, 5.74) is -1.73. The quantitative estimate of drug-likeness (QED) is 0.854. The van der Waals surface area contributed by atoms with Gasteiger partial charge in [0.1, 0.15) is 26.9 Å². The molecule has 10 heteroatoms. The second-order valence-electron chi connectivity index (χ2n) is 4.53. The number of anilines is 1. The van der Waals surface area contributed by atoms with Crippen molar-refractivity contribution in [2.24, 2.45) is 0 Å². The highest BCUT2D eigenvalue weighted by molar-refractivity contribution is 7.90. The maximum absolute atomic E-state index is 12.6. The van der Waals surface area contributed by atoms with E-state index in [0.29, 0.717) is 6.07 Å². The lowest BCUT2D eigenvalue weighted by molar-refractivity contribution is -0.141. The van der Waals surface area contributed by atoms with Crippen LogP contribution in [0.3, 0.4) is 0 Å². The highest BCUT2D eigenvalue weighted by Gasteiger charge is 2.33. The zero-order valence-electron chi connectivity index (χ0n) is 11.1. The first-order valence-electron chi connectivity index (χ1n) is 5.66. The molecule has 0 spiro atoms. The van der Waals surface area contributed by atoms with Crippen molar-refractivity contribution in [3.8, 4) is 0 Å². The predicted molar refractivity (Wildman–Crippen MR) is 69.0 cm³/mol. The third-order valence-corrected chi connectivity index (χ3v) is 3.46. The van der Waals surface area contributed by atoms with Gasteiger partial charge < -0.3 is 10.4 Å². The first-order chi connectivity index (χ1) is 9.40. The molecule has 0 radical (unpaired) electrons. The van der Waals surface area contributed by atoms with Crippen LogP contribution >= 0.6 is 0 Å². The van der Waals surface area contributed by atoms with E-state index in [1.54, 1.807) is 0 Å². The fraction of sp³-hybridized carbons (Fsp3) is 0.455. The monoisotopic (exact) mass is 326 g/mol. The van der Waals surface area contributed by atoms with Crippen LogP contribution in [0.5, 0.6) is 0 Å². The van der Waals surface area contributed by atoms with Gasteiger partial charge in [0.25, 0.3) is 0 Å². The molecule has 1 heterocycles. The van der Waals surface area contributed by atoms with Crippen LogP contribution in [0.2, 0.25) is 0 Å². The van der Waals surface area contributed by atoms with Crippen molar-refractivity contribution in [3.63, 3.8) is 0 Å². The van der Waals surface area contributed by atoms with E-state index in [2.05, 4.69) is 10.3 Å². The van der Waals surface area contributed by atoms with Gasteiger partial charge in [-0.3, -0.25) is 0 Å². The molecule has 1 aromatic rings. The van der Waals surface area contributed by atoms with E-state index in [9.17, 15) is 26.4 Å². The van der Waals surface area contributed by atoms with Gasteiger partial charge in [0, 0.05) is 12.3 Å². The minimum Gasteiger partial charge on any atom is -0.478 e. The number of aromatic carboxylic acids is 1. The maximum Gasteiger partial charge on any atom is 0.433 e. The third kappa shape index (κ3) is 5.21. The highest BCUT2D eigenvalue weighted by Crippen LogP contribution is 2.29. The third-order valence-electron chi connectivity index (χ3n) is 2.35. The molecule has 1 rings (SSSR count). The molecule has 0 aliphatic heterocycles. The van der Waals surface area contributed by atoms with Crippen LogP contribution in [0.4, 0.5) is 19.0 Å². The summed E-state index contributed by atoms with van der Waals surface area (Å²) in [6.45, 7) is 1.40. The van der Waals surface area contributed by atoms with Crippen LogP contribution in [0.25, 0.3) is 0 Å². The van der Waals surface area contributed by atoms with Gasteiger partial charge in [-0.1, -0.05) is 0 Å². The summed E-state index contributed by atoms with van der Waals surface area (Å²) in [4.78, 5) is 14.2. The van der Waals surface area contributed by atoms with Gasteiger partial charge in [-0.05, 0) is 19.1 Å². The van der Waals surface area contributed by atoms with Crippen LogP contribution in [0.1, 0.15) is 23.0 Å². The average molecular weight is 326 g/mol. The number of alkyl halides is 3. The van der Waals surface area contributed by atoms with Gasteiger partial charge in [0.05, 0.1) is 5.75 Å². The first-order valence-corrected chi connectivity index (χ1v) is 7.72. The smallest absolute Gasteiger partial charge is 0.433 e. The Hall–Kier alpha value is -1.84. The number of pyridine rings is 1. The molecule has 0 fully saturated rings. The molecule has 2 N–H and O–H groups in total. The molecule has 6 nitrogen and oxygen atoms in total. The molecule has 0 aliphatic rings. The van der Waals surface area contributed by atoms with E-state index >= 15 is 0 Å². The van der Waals surface area contributed by atoms with Crippen LogP contribution in [-0.4, -0.2) is 42.5 Å². The molecule has 0 amide bonds. The number of carboxylic acids is 1. The molecule has 1 atom stereocenters. The minimum absolute atomic E-state index is 0.371. The Morgan fingerprint density at radius 2 is 2.00 bits per heavy atom. The van der Waals surface area contributed by atoms with Crippen LogP contribution in [-0.2, 0) is 16.0 Å². The van der Waals surface area contributed by atoms with Gasteiger partial charge in [0.15, 0.2) is 0 Å². The van der Waals surface area contributed by atoms with E-state index in [1.807, 2.05) is 0 Å². The van der Waals surface area contributed by atoms with Crippen LogP contribution in [0, 0.1) is 0 Å². The second-order valence-corrected chi connectivity index (χ2v) is 6.72. The molecule has 1 aromatic heterocycles. The van der Waals surface area contributed by atoms with Crippen molar-refractivity contribution in [2.45, 2.75) is 19.1 Å². The summed E-state index contributed by atoms with van der Waals surface area (Å²) in [6.07, 6.45) is -3.77. The number of halogens is 3. The fourth-order valence-corrected chi connectivity index (χ4v) is 2.62. The second kappa shape index (κ2) is 5.88. The first kappa shape index (κ1) is 17.2. The van der Waals surface area contributed by atoms with Crippen molar-refractivity contribution in [1.82, 2.24) is 4.98 Å². The Balaban J connectivity index is 3.15. The number of nitrogens with zero attached hydrogens (tertiary/aromatic N) is 1. The number of hydrogen-bond acceptors (Lipinski definition) is 5. The standard InChI is InChI=1S/C11H13F3N2O4S/c1-6(5-21(2,19)20)15-9-7(10(17)18)3-4-8(16-9)11(12,13)14/h3-4,6H,5H2,1-2H3,(H,15,16)(H,17,18). The number of carbonyl (C=O) groups is 1. The summed E-state index contributed by atoms with van der Waals surface area (Å²) in [6, 6.07) is 0.526. The largest absolute Gasteiger partial charge is 0.478 e. The molecule has 1 unspecified atom stereocenters. The number of aromatic nitrogens is 1. The van der Waals surface area contributed by atoms with Gasteiger partial charge in [-0.2, -0.15) is 13.2 Å². The summed E-state index contributed by atoms with van der Waals surface area (Å²) in [5, 5.41) is 11.3. The normalized spacial score (nSPS) is 13.8. The lowest BCUT2D eigenvalue weighted by Crippen LogP contribution is -2.27. The van der Waals surface area contributed by atoms with Crippen molar-refractivity contribution in [1.29, 1.82) is 0 Å². The molecular weight excluding hydrogens is 313 g/mol. The summed E-state index contributed by atoms with van der Waals surface area (Å²) < 4.78 is 60.0. The molecule has 0 aliphatic carbocycles. The van der Waals surface area contributed by atoms with Gasteiger partial charge >= 0.3 is 12.1 Å². The van der Waals surface area contributed by atoms with E-state index in [1.165, 1.54) is 6.92 Å². The Bertz CT molecular complexity index is 643. The SMILES string of the molecule is CC(CS(C)(=O)=O)Nc1nc(C(F)(F)F)ccc1C(=O)O. The van der Waals surface area contributed by atoms with Gasteiger partial charge in [0.2, 0.25) is 0 Å². The van der Waals surface area contributed by atoms with Gasteiger partial charge in [-0.15, -0.1) is 0 Å². The topological polar surface area (TPSA) is 96.4 Å². The summed E-state index contributed by atoms with van der Waals surface area (Å²) in [5.74, 6) is -2.36. The lowest BCUT2D eigenvalue weighted by Gasteiger charge is -2.16. The summed E-state index contributed by atoms with van der Waals surface area (Å²) in [7, 11) is -3.38. The van der Waals surface area contributed by atoms with E-state index in [-0.39, 0.29) is 5.75 Å². The molecule has 0 saturated heterocycles. The Morgan fingerprint density at radius 1 is 1.43 bits per heavy atom. The number of nitrogens with one attached hydrogen (secondary N) is 1. The Morgan fingerprint density at radius 3 is 2.43 bits per heavy atom. The zero-order valence-corrected chi connectivity index (χ0v) is 11.9. The zero-order chi connectivity index (χ0) is 16.4.